The number of hydrogen-bond acceptors (Lipinski definition) is 6. The van der Waals surface area contributed by atoms with Crippen molar-refractivity contribution in [1.29, 1.82) is 0 Å². The number of nitrogens with zero attached hydrogens (tertiary/aromatic N) is 1. The standard InChI is InChI=1S/C12H12N2O5S/c1-18-11-4-2-9(6-13-11)7-14-20(16,17)12-5-3-10(8-15)19-12/h2-6,8,14H,7H2,1H3. The van der Waals surface area contributed by atoms with E-state index >= 15 is 0 Å². The Labute approximate surface area is 115 Å². The molecule has 8 heteroatoms. The van der Waals surface area contributed by atoms with Crippen LogP contribution in [-0.4, -0.2) is 26.8 Å². The molecule has 0 aliphatic rings. The fourth-order valence-electron chi connectivity index (χ4n) is 1.43. The smallest absolute Gasteiger partial charge is 0.274 e. The molecule has 106 valence electrons. The maximum absolute atomic E-state index is 11.9. The number of aromatic nitrogens is 1. The number of carbonyl (C=O) groups is 1. The first-order chi connectivity index (χ1) is 9.55. The van der Waals surface area contributed by atoms with Crippen LogP contribution in [0.25, 0.3) is 0 Å². The number of carbonyl (C=O) groups excluding carboxylic acids is 1. The molecule has 0 saturated heterocycles. The van der Waals surface area contributed by atoms with Gasteiger partial charge >= 0.3 is 0 Å². The van der Waals surface area contributed by atoms with E-state index in [0.29, 0.717) is 17.7 Å². The van der Waals surface area contributed by atoms with Crippen LogP contribution in [0.5, 0.6) is 5.88 Å². The molecular weight excluding hydrogens is 284 g/mol. The van der Waals surface area contributed by atoms with Gasteiger partial charge in [-0.05, 0) is 17.7 Å². The average Bonchev–Trinajstić information content (AvgIpc) is 2.95. The van der Waals surface area contributed by atoms with E-state index in [4.69, 9.17) is 9.15 Å². The van der Waals surface area contributed by atoms with E-state index in [-0.39, 0.29) is 17.4 Å². The predicted octanol–water partition coefficient (Wildman–Crippen LogP) is 0.974. The van der Waals surface area contributed by atoms with E-state index in [2.05, 4.69) is 9.71 Å². The minimum absolute atomic E-state index is 0.0449. The first-order valence-electron chi connectivity index (χ1n) is 5.59. The molecular formula is C12H12N2O5S. The van der Waals surface area contributed by atoms with Crippen molar-refractivity contribution in [2.24, 2.45) is 0 Å². The monoisotopic (exact) mass is 296 g/mol. The second kappa shape index (κ2) is 5.85. The quantitative estimate of drug-likeness (QED) is 0.798. The predicted molar refractivity (Wildman–Crippen MR) is 68.9 cm³/mol. The Kier molecular flexibility index (Phi) is 4.16. The Balaban J connectivity index is 2.06. The third-order valence-corrected chi connectivity index (χ3v) is 3.73. The van der Waals surface area contributed by atoms with Crippen molar-refractivity contribution in [1.82, 2.24) is 9.71 Å². The minimum Gasteiger partial charge on any atom is -0.481 e. The van der Waals surface area contributed by atoms with Gasteiger partial charge in [-0.1, -0.05) is 6.07 Å². The molecule has 0 aliphatic carbocycles. The highest BCUT2D eigenvalue weighted by Crippen LogP contribution is 2.13. The van der Waals surface area contributed by atoms with Crippen molar-refractivity contribution >= 4 is 16.3 Å². The van der Waals surface area contributed by atoms with Crippen LogP contribution in [0, 0.1) is 0 Å². The number of aldehydes is 1. The van der Waals surface area contributed by atoms with Gasteiger partial charge in [-0.25, -0.2) is 18.1 Å². The Morgan fingerprint density at radius 3 is 2.70 bits per heavy atom. The lowest BCUT2D eigenvalue weighted by atomic mass is 10.3. The fraction of sp³-hybridized carbons (Fsp3) is 0.167. The van der Waals surface area contributed by atoms with Crippen LogP contribution in [0.4, 0.5) is 0 Å². The number of pyridine rings is 1. The zero-order valence-electron chi connectivity index (χ0n) is 10.6. The summed E-state index contributed by atoms with van der Waals surface area (Å²) in [6, 6.07) is 5.82. The zero-order chi connectivity index (χ0) is 14.6. The van der Waals surface area contributed by atoms with Crippen LogP contribution >= 0.6 is 0 Å². The normalized spacial score (nSPS) is 11.2. The lowest BCUT2D eigenvalue weighted by Crippen LogP contribution is -2.22. The van der Waals surface area contributed by atoms with Gasteiger partial charge in [-0.3, -0.25) is 4.79 Å². The van der Waals surface area contributed by atoms with Crippen molar-refractivity contribution in [2.45, 2.75) is 11.6 Å². The number of furan rings is 1. The first-order valence-corrected chi connectivity index (χ1v) is 7.07. The highest BCUT2D eigenvalue weighted by molar-refractivity contribution is 7.89. The van der Waals surface area contributed by atoms with E-state index < -0.39 is 10.0 Å². The third-order valence-electron chi connectivity index (χ3n) is 2.46. The SMILES string of the molecule is COc1ccc(CNS(=O)(=O)c2ccc(C=O)o2)cn1. The molecule has 2 aromatic rings. The molecule has 1 N–H and O–H groups in total. The summed E-state index contributed by atoms with van der Waals surface area (Å²) in [5, 5.41) is -0.305. The number of sulfonamides is 1. The third kappa shape index (κ3) is 3.22. The van der Waals surface area contributed by atoms with Gasteiger partial charge in [-0.15, -0.1) is 0 Å². The minimum atomic E-state index is -3.80. The summed E-state index contributed by atoms with van der Waals surface area (Å²) in [7, 11) is -2.31. The number of methoxy groups -OCH3 is 1. The van der Waals surface area contributed by atoms with Crippen LogP contribution in [0.15, 0.2) is 40.0 Å². The van der Waals surface area contributed by atoms with Crippen LogP contribution in [0.1, 0.15) is 16.1 Å². The highest BCUT2D eigenvalue weighted by Gasteiger charge is 2.18. The van der Waals surface area contributed by atoms with E-state index in [1.807, 2.05) is 0 Å². The molecule has 0 aliphatic heterocycles. The molecule has 0 fully saturated rings. The molecule has 2 rings (SSSR count). The van der Waals surface area contributed by atoms with Gasteiger partial charge in [-0.2, -0.15) is 0 Å². The van der Waals surface area contributed by atoms with Crippen LogP contribution in [-0.2, 0) is 16.6 Å². The fourth-order valence-corrected chi connectivity index (χ4v) is 2.38. The number of hydrogen-bond donors (Lipinski definition) is 1. The van der Waals surface area contributed by atoms with Crippen LogP contribution < -0.4 is 9.46 Å². The lowest BCUT2D eigenvalue weighted by Gasteiger charge is -2.04. The van der Waals surface area contributed by atoms with Crippen LogP contribution in [0.2, 0.25) is 0 Å². The molecule has 2 aromatic heterocycles. The molecule has 0 unspecified atom stereocenters. The molecule has 0 aromatic carbocycles. The largest absolute Gasteiger partial charge is 0.481 e. The van der Waals surface area contributed by atoms with Gasteiger partial charge in [0.1, 0.15) is 0 Å². The Bertz CT molecular complexity index is 691. The molecule has 0 atom stereocenters. The molecule has 0 amide bonds. The summed E-state index contributed by atoms with van der Waals surface area (Å²) < 4.78 is 35.9. The number of ether oxygens (including phenoxy) is 1. The molecule has 7 nitrogen and oxygen atoms in total. The molecule has 0 radical (unpaired) electrons. The Morgan fingerprint density at radius 1 is 1.35 bits per heavy atom. The topological polar surface area (TPSA) is 98.5 Å². The van der Waals surface area contributed by atoms with E-state index in [9.17, 15) is 13.2 Å². The molecule has 2 heterocycles. The summed E-state index contributed by atoms with van der Waals surface area (Å²) in [6.07, 6.45) is 1.94. The average molecular weight is 296 g/mol. The maximum Gasteiger partial charge on any atom is 0.274 e. The number of rotatable bonds is 6. The van der Waals surface area contributed by atoms with Crippen LogP contribution in [0.3, 0.4) is 0 Å². The van der Waals surface area contributed by atoms with Gasteiger partial charge in [0.25, 0.3) is 10.0 Å². The molecule has 0 saturated carbocycles. The first kappa shape index (κ1) is 14.2. The molecule has 0 spiro atoms. The zero-order valence-corrected chi connectivity index (χ0v) is 11.4. The van der Waals surface area contributed by atoms with E-state index in [1.165, 1.54) is 25.4 Å². The second-order valence-electron chi connectivity index (χ2n) is 3.81. The van der Waals surface area contributed by atoms with E-state index in [0.717, 1.165) is 0 Å². The second-order valence-corrected chi connectivity index (χ2v) is 5.51. The van der Waals surface area contributed by atoms with Crippen molar-refractivity contribution < 1.29 is 22.4 Å². The number of nitrogens with one attached hydrogen (secondary N) is 1. The van der Waals surface area contributed by atoms with Gasteiger partial charge in [0, 0.05) is 18.8 Å². The summed E-state index contributed by atoms with van der Waals surface area (Å²) in [4.78, 5) is 14.4. The molecule has 20 heavy (non-hydrogen) atoms. The van der Waals surface area contributed by atoms with Gasteiger partial charge in [0.15, 0.2) is 12.0 Å². The molecule has 0 bridgehead atoms. The van der Waals surface area contributed by atoms with Gasteiger partial charge in [0.2, 0.25) is 11.0 Å². The van der Waals surface area contributed by atoms with Crippen molar-refractivity contribution in [3.8, 4) is 5.88 Å². The Hall–Kier alpha value is -2.19. The highest BCUT2D eigenvalue weighted by atomic mass is 32.2. The summed E-state index contributed by atoms with van der Waals surface area (Å²) in [5.41, 5.74) is 0.663. The van der Waals surface area contributed by atoms with Gasteiger partial charge < -0.3 is 9.15 Å². The van der Waals surface area contributed by atoms with Crippen molar-refractivity contribution in [2.75, 3.05) is 7.11 Å². The maximum atomic E-state index is 11.9. The Morgan fingerprint density at radius 2 is 2.15 bits per heavy atom. The van der Waals surface area contributed by atoms with Gasteiger partial charge in [0.05, 0.1) is 7.11 Å². The van der Waals surface area contributed by atoms with E-state index in [1.54, 1.807) is 12.1 Å². The van der Waals surface area contributed by atoms with Crippen molar-refractivity contribution in [3.05, 3.63) is 41.8 Å². The lowest BCUT2D eigenvalue weighted by molar-refractivity contribution is 0.109. The summed E-state index contributed by atoms with van der Waals surface area (Å²) in [5.74, 6) is 0.398. The van der Waals surface area contributed by atoms with Crippen molar-refractivity contribution in [3.63, 3.8) is 0 Å². The summed E-state index contributed by atoms with van der Waals surface area (Å²) in [6.45, 7) is 0.0520. The summed E-state index contributed by atoms with van der Waals surface area (Å²) >= 11 is 0.